The Bertz CT molecular complexity index is 1830. The molecule has 0 bridgehead atoms. The summed E-state index contributed by atoms with van der Waals surface area (Å²) in [6.07, 6.45) is 0.682. The number of hydrogen-bond acceptors (Lipinski definition) is 8. The number of fused-ring (bicyclic) bond motifs is 1. The monoisotopic (exact) mass is 574 g/mol. The van der Waals surface area contributed by atoms with Crippen LogP contribution in [0, 0.1) is 6.92 Å². The van der Waals surface area contributed by atoms with Gasteiger partial charge in [-0.1, -0.05) is 61.5 Å². The van der Waals surface area contributed by atoms with Crippen molar-refractivity contribution in [2.75, 3.05) is 11.8 Å². The van der Waals surface area contributed by atoms with Gasteiger partial charge in [0.2, 0.25) is 0 Å². The molecule has 0 aliphatic carbocycles. The van der Waals surface area contributed by atoms with Gasteiger partial charge < -0.3 is 9.30 Å². The van der Waals surface area contributed by atoms with Crippen LogP contribution in [0.15, 0.2) is 72.1 Å². The second-order valence-corrected chi connectivity index (χ2v) is 11.6. The summed E-state index contributed by atoms with van der Waals surface area (Å²) < 4.78 is 34.9. The molecule has 11 heteroatoms. The molecule has 3 heterocycles. The zero-order chi connectivity index (χ0) is 28.4. The lowest BCUT2D eigenvalue weighted by atomic mass is 10.1. The van der Waals surface area contributed by atoms with Crippen LogP contribution < -0.4 is 4.72 Å². The third-order valence-corrected chi connectivity index (χ3v) is 8.59. The quantitative estimate of drug-likeness (QED) is 0.245. The standard InChI is InChI=1S/C29H26N4O5S2/c1-4-24-31-25-18(2)16-23(28(34)38-3)30-26(25)33(24)17-19-10-12-20(13-11-19)22-14-15-39-27(22)32-40(36,37)29(35)21-8-6-5-7-9-21/h5-16,32H,4,17H2,1-3H3. The van der Waals surface area contributed by atoms with Crippen molar-refractivity contribution in [1.29, 1.82) is 0 Å². The molecule has 0 amide bonds. The second kappa shape index (κ2) is 11.0. The van der Waals surface area contributed by atoms with E-state index in [4.69, 9.17) is 9.72 Å². The molecule has 5 rings (SSSR count). The highest BCUT2D eigenvalue weighted by Crippen LogP contribution is 2.34. The number of esters is 1. The summed E-state index contributed by atoms with van der Waals surface area (Å²) in [6.45, 7) is 4.38. The maximum atomic E-state index is 12.8. The Morgan fingerprint density at radius 2 is 1.75 bits per heavy atom. The summed E-state index contributed by atoms with van der Waals surface area (Å²) in [5.41, 5.74) is 4.94. The van der Waals surface area contributed by atoms with Crippen molar-refractivity contribution in [2.24, 2.45) is 0 Å². The molecule has 0 spiro atoms. The number of imidazole rings is 1. The zero-order valence-electron chi connectivity index (χ0n) is 22.0. The molecule has 0 saturated heterocycles. The van der Waals surface area contributed by atoms with Gasteiger partial charge in [0.05, 0.1) is 13.7 Å². The van der Waals surface area contributed by atoms with Gasteiger partial charge in [-0.15, -0.1) is 11.3 Å². The van der Waals surface area contributed by atoms with Crippen LogP contribution in [0.4, 0.5) is 5.00 Å². The van der Waals surface area contributed by atoms with Crippen LogP contribution in [0.1, 0.15) is 44.7 Å². The smallest absolute Gasteiger partial charge is 0.356 e. The largest absolute Gasteiger partial charge is 0.464 e. The average molecular weight is 575 g/mol. The van der Waals surface area contributed by atoms with Crippen molar-refractivity contribution in [3.8, 4) is 11.1 Å². The molecule has 2 aromatic carbocycles. The number of sulfonamides is 1. The lowest BCUT2D eigenvalue weighted by Gasteiger charge is -2.11. The summed E-state index contributed by atoms with van der Waals surface area (Å²) in [7, 11) is -2.96. The van der Waals surface area contributed by atoms with Crippen molar-refractivity contribution >= 4 is 48.6 Å². The number of ether oxygens (including phenoxy) is 1. The van der Waals surface area contributed by atoms with Crippen molar-refractivity contribution in [2.45, 2.75) is 26.8 Å². The minimum atomic E-state index is -4.28. The number of methoxy groups -OCH3 is 1. The van der Waals surface area contributed by atoms with Crippen LogP contribution in [0.5, 0.6) is 0 Å². The van der Waals surface area contributed by atoms with Gasteiger partial charge in [0.1, 0.15) is 16.3 Å². The number of aryl methyl sites for hydroxylation is 2. The minimum absolute atomic E-state index is 0.0966. The number of rotatable bonds is 8. The van der Waals surface area contributed by atoms with Gasteiger partial charge in [0.25, 0.3) is 5.12 Å². The molecular formula is C29H26N4O5S2. The highest BCUT2D eigenvalue weighted by molar-refractivity contribution is 8.07. The third kappa shape index (κ3) is 5.25. The van der Waals surface area contributed by atoms with Crippen molar-refractivity contribution in [3.05, 3.63) is 100 Å². The highest BCUT2D eigenvalue weighted by Gasteiger charge is 2.25. The normalized spacial score (nSPS) is 11.5. The minimum Gasteiger partial charge on any atom is -0.464 e. The number of benzene rings is 2. The number of carbonyl (C=O) groups excluding carboxylic acids is 2. The Hall–Kier alpha value is -4.35. The molecule has 5 aromatic rings. The summed E-state index contributed by atoms with van der Waals surface area (Å²) in [5, 5.41) is 1.15. The molecule has 204 valence electrons. The van der Waals surface area contributed by atoms with Crippen LogP contribution in [0.3, 0.4) is 0 Å². The van der Waals surface area contributed by atoms with Gasteiger partial charge >= 0.3 is 16.0 Å². The Morgan fingerprint density at radius 1 is 1.02 bits per heavy atom. The van der Waals surface area contributed by atoms with Gasteiger partial charge in [-0.3, -0.25) is 9.52 Å². The van der Waals surface area contributed by atoms with Crippen molar-refractivity contribution in [1.82, 2.24) is 14.5 Å². The lowest BCUT2D eigenvalue weighted by molar-refractivity contribution is 0.0594. The van der Waals surface area contributed by atoms with Crippen LogP contribution in [0.25, 0.3) is 22.3 Å². The van der Waals surface area contributed by atoms with E-state index < -0.39 is 21.1 Å². The Morgan fingerprint density at radius 3 is 2.42 bits per heavy atom. The molecule has 40 heavy (non-hydrogen) atoms. The van der Waals surface area contributed by atoms with Crippen LogP contribution in [0.2, 0.25) is 0 Å². The Kier molecular flexibility index (Phi) is 7.51. The predicted octanol–water partition coefficient (Wildman–Crippen LogP) is 5.45. The molecule has 0 aliphatic heterocycles. The number of nitrogens with zero attached hydrogens (tertiary/aromatic N) is 3. The number of anilines is 1. The summed E-state index contributed by atoms with van der Waals surface area (Å²) in [6, 6.07) is 19.1. The second-order valence-electron chi connectivity index (χ2n) is 9.08. The zero-order valence-corrected chi connectivity index (χ0v) is 23.7. The van der Waals surface area contributed by atoms with Crippen molar-refractivity contribution in [3.63, 3.8) is 0 Å². The van der Waals surface area contributed by atoms with Gasteiger partial charge in [0, 0.05) is 17.5 Å². The van der Waals surface area contributed by atoms with E-state index in [0.717, 1.165) is 28.0 Å². The summed E-state index contributed by atoms with van der Waals surface area (Å²) in [4.78, 5) is 34.0. The summed E-state index contributed by atoms with van der Waals surface area (Å²) in [5.74, 6) is 0.335. The maximum absolute atomic E-state index is 12.8. The van der Waals surface area contributed by atoms with E-state index in [-0.39, 0.29) is 11.3 Å². The van der Waals surface area contributed by atoms with Gasteiger partial charge in [-0.25, -0.2) is 14.8 Å². The van der Waals surface area contributed by atoms with Crippen LogP contribution >= 0.6 is 11.3 Å². The first-order chi connectivity index (χ1) is 19.2. The first kappa shape index (κ1) is 27.2. The number of thiophene rings is 1. The van der Waals surface area contributed by atoms with Crippen LogP contribution in [-0.4, -0.2) is 41.1 Å². The first-order valence-electron chi connectivity index (χ1n) is 12.5. The molecule has 9 nitrogen and oxygen atoms in total. The van der Waals surface area contributed by atoms with E-state index in [9.17, 15) is 18.0 Å². The molecule has 3 aromatic heterocycles. The van der Waals surface area contributed by atoms with E-state index in [1.165, 1.54) is 30.6 Å². The molecule has 0 atom stereocenters. The fourth-order valence-corrected chi connectivity index (χ4v) is 6.49. The SMILES string of the molecule is CCc1nc2c(C)cc(C(=O)OC)nc2n1Cc1ccc(-c2ccsc2NS(=O)(=O)C(=O)c2ccccc2)cc1. The summed E-state index contributed by atoms with van der Waals surface area (Å²) >= 11 is 1.20. The highest BCUT2D eigenvalue weighted by atomic mass is 32.2. The molecule has 1 N–H and O–H groups in total. The molecule has 0 aliphatic rings. The number of pyridine rings is 1. The number of nitrogens with one attached hydrogen (secondary N) is 1. The van der Waals surface area contributed by atoms with E-state index >= 15 is 0 Å². The molecule has 0 radical (unpaired) electrons. The maximum Gasteiger partial charge on any atom is 0.356 e. The lowest BCUT2D eigenvalue weighted by Crippen LogP contribution is -2.22. The topological polar surface area (TPSA) is 120 Å². The number of carbonyl (C=O) groups is 2. The van der Waals surface area contributed by atoms with Crippen LogP contribution in [-0.2, 0) is 27.7 Å². The van der Waals surface area contributed by atoms with E-state index in [0.29, 0.717) is 29.2 Å². The molecule has 0 fully saturated rings. The fourth-order valence-electron chi connectivity index (χ4n) is 4.42. The number of hydrogen-bond donors (Lipinski definition) is 1. The third-order valence-electron chi connectivity index (χ3n) is 6.44. The average Bonchev–Trinajstić information content (AvgIpc) is 3.57. The van der Waals surface area contributed by atoms with Gasteiger partial charge in [-0.05, 0) is 41.1 Å². The Balaban J connectivity index is 1.41. The van der Waals surface area contributed by atoms with Gasteiger partial charge in [0.15, 0.2) is 11.3 Å². The fraction of sp³-hybridized carbons (Fsp3) is 0.172. The molecule has 0 saturated carbocycles. The molecule has 0 unspecified atom stereocenters. The van der Waals surface area contributed by atoms with E-state index in [2.05, 4.69) is 9.71 Å². The van der Waals surface area contributed by atoms with E-state index in [1.807, 2.05) is 48.7 Å². The number of aromatic nitrogens is 3. The predicted molar refractivity (Wildman–Crippen MR) is 155 cm³/mol. The Labute approximate surface area is 235 Å². The molecular weight excluding hydrogens is 548 g/mol. The van der Waals surface area contributed by atoms with Gasteiger partial charge in [-0.2, -0.15) is 8.42 Å². The van der Waals surface area contributed by atoms with E-state index in [1.54, 1.807) is 29.6 Å². The van der Waals surface area contributed by atoms with Crippen molar-refractivity contribution < 1.29 is 22.7 Å². The first-order valence-corrected chi connectivity index (χ1v) is 14.8.